The molecule has 0 bridgehead atoms. The fraction of sp³-hybridized carbons (Fsp3) is 0.0556. The molecule has 2 N–H and O–H groups in total. The molecule has 26 heavy (non-hydrogen) atoms. The number of carbonyl (C=O) groups is 1. The molecule has 0 fully saturated rings. The molecular formula is C18H14N4O4. The van der Waals surface area contributed by atoms with Gasteiger partial charge in [-0.25, -0.2) is 5.43 Å². The lowest BCUT2D eigenvalue weighted by Crippen LogP contribution is -2.20. The first kappa shape index (κ1) is 17.0. The summed E-state index contributed by atoms with van der Waals surface area (Å²) in [5.41, 5.74) is 3.64. The van der Waals surface area contributed by atoms with Crippen molar-refractivity contribution in [3.8, 4) is 0 Å². The number of rotatable bonds is 5. The van der Waals surface area contributed by atoms with Gasteiger partial charge in [-0.2, -0.15) is 5.10 Å². The van der Waals surface area contributed by atoms with Crippen molar-refractivity contribution in [3.05, 3.63) is 86.2 Å². The Hall–Kier alpha value is -3.81. The van der Waals surface area contributed by atoms with E-state index in [1.54, 1.807) is 12.1 Å². The number of non-ortho nitro benzene ring substituents is 1. The van der Waals surface area contributed by atoms with E-state index in [2.05, 4.69) is 15.5 Å². The normalized spacial score (nSPS) is 10.9. The van der Waals surface area contributed by atoms with Crippen LogP contribution in [0.5, 0.6) is 0 Å². The summed E-state index contributed by atoms with van der Waals surface area (Å²) < 4.78 is 0. The molecule has 0 aliphatic rings. The Morgan fingerprint density at radius 3 is 2.65 bits per heavy atom. The average Bonchev–Trinajstić information content (AvgIpc) is 2.62. The standard InChI is InChI=1S/C18H14N4O4/c23-17(9-12-5-7-15(8-6-12)22(25)26)21-19-11-14-10-13-3-1-2-4-16(13)20-18(14)24/h1-8,10-11H,9H2,(H,20,24)(H,21,23). The van der Waals surface area contributed by atoms with E-state index in [4.69, 9.17) is 0 Å². The molecule has 0 spiro atoms. The van der Waals surface area contributed by atoms with Gasteiger partial charge in [0.05, 0.1) is 23.1 Å². The van der Waals surface area contributed by atoms with Crippen LogP contribution < -0.4 is 11.0 Å². The van der Waals surface area contributed by atoms with Crippen LogP contribution in [0.4, 0.5) is 5.69 Å². The Kier molecular flexibility index (Phi) is 4.84. The molecule has 130 valence electrons. The van der Waals surface area contributed by atoms with E-state index in [0.717, 1.165) is 10.9 Å². The Labute approximate surface area is 147 Å². The fourth-order valence-electron chi connectivity index (χ4n) is 2.39. The maximum absolute atomic E-state index is 12.0. The minimum absolute atomic E-state index is 0.0173. The molecule has 0 atom stereocenters. The van der Waals surface area contributed by atoms with Crippen LogP contribution in [0.25, 0.3) is 10.9 Å². The SMILES string of the molecule is O=C(Cc1ccc([N+](=O)[O-])cc1)NN=Cc1cc2ccccc2[nH]c1=O. The molecule has 1 amide bonds. The summed E-state index contributed by atoms with van der Waals surface area (Å²) in [5.74, 6) is -0.396. The summed E-state index contributed by atoms with van der Waals surface area (Å²) in [6, 6.07) is 14.7. The van der Waals surface area contributed by atoms with Gasteiger partial charge < -0.3 is 4.98 Å². The molecule has 0 saturated heterocycles. The number of hydrogen-bond acceptors (Lipinski definition) is 5. The third kappa shape index (κ3) is 3.99. The number of nitrogens with one attached hydrogen (secondary N) is 2. The van der Waals surface area contributed by atoms with E-state index in [0.29, 0.717) is 11.1 Å². The predicted octanol–water partition coefficient (Wildman–Crippen LogP) is 2.13. The zero-order valence-corrected chi connectivity index (χ0v) is 13.5. The maximum atomic E-state index is 12.0. The lowest BCUT2D eigenvalue weighted by molar-refractivity contribution is -0.384. The van der Waals surface area contributed by atoms with Gasteiger partial charge in [-0.05, 0) is 23.1 Å². The van der Waals surface area contributed by atoms with Gasteiger partial charge in [-0.3, -0.25) is 19.7 Å². The summed E-state index contributed by atoms with van der Waals surface area (Å²) in [7, 11) is 0. The third-order valence-electron chi connectivity index (χ3n) is 3.69. The van der Waals surface area contributed by atoms with Gasteiger partial charge in [-0.1, -0.05) is 30.3 Å². The Morgan fingerprint density at radius 1 is 1.19 bits per heavy atom. The van der Waals surface area contributed by atoms with Crippen molar-refractivity contribution in [2.45, 2.75) is 6.42 Å². The number of fused-ring (bicyclic) bond motifs is 1. The quantitative estimate of drug-likeness (QED) is 0.416. The highest BCUT2D eigenvalue weighted by Crippen LogP contribution is 2.12. The van der Waals surface area contributed by atoms with E-state index in [9.17, 15) is 19.7 Å². The number of hydrazone groups is 1. The summed E-state index contributed by atoms with van der Waals surface area (Å²) >= 11 is 0. The number of aromatic nitrogens is 1. The van der Waals surface area contributed by atoms with Crippen LogP contribution in [0, 0.1) is 10.1 Å². The Balaban J connectivity index is 1.64. The van der Waals surface area contributed by atoms with E-state index in [-0.39, 0.29) is 17.7 Å². The Bertz CT molecular complexity index is 1050. The zero-order valence-electron chi connectivity index (χ0n) is 13.5. The number of pyridine rings is 1. The highest BCUT2D eigenvalue weighted by Gasteiger charge is 2.07. The largest absolute Gasteiger partial charge is 0.321 e. The van der Waals surface area contributed by atoms with Crippen molar-refractivity contribution in [1.82, 2.24) is 10.4 Å². The molecule has 2 aromatic carbocycles. The van der Waals surface area contributed by atoms with Gasteiger partial charge in [0.1, 0.15) is 0 Å². The molecule has 8 heteroatoms. The van der Waals surface area contributed by atoms with Crippen LogP contribution in [-0.4, -0.2) is 22.0 Å². The van der Waals surface area contributed by atoms with E-state index in [1.165, 1.54) is 30.5 Å². The lowest BCUT2D eigenvalue weighted by atomic mass is 10.1. The summed E-state index contributed by atoms with van der Waals surface area (Å²) in [5, 5.41) is 15.2. The first-order chi connectivity index (χ1) is 12.5. The number of carbonyl (C=O) groups excluding carboxylic acids is 1. The van der Waals surface area contributed by atoms with Gasteiger partial charge in [0, 0.05) is 17.6 Å². The number of hydrogen-bond donors (Lipinski definition) is 2. The van der Waals surface area contributed by atoms with Gasteiger partial charge >= 0.3 is 0 Å². The van der Waals surface area contributed by atoms with Gasteiger partial charge in [0.15, 0.2) is 0 Å². The monoisotopic (exact) mass is 350 g/mol. The number of nitro benzene ring substituents is 1. The van der Waals surface area contributed by atoms with E-state index in [1.807, 2.05) is 18.2 Å². The van der Waals surface area contributed by atoms with Crippen LogP contribution in [0.3, 0.4) is 0 Å². The highest BCUT2D eigenvalue weighted by atomic mass is 16.6. The smallest absolute Gasteiger partial charge is 0.269 e. The molecule has 3 rings (SSSR count). The summed E-state index contributed by atoms with van der Waals surface area (Å²) in [6.45, 7) is 0. The molecule has 0 unspecified atom stereocenters. The molecule has 0 radical (unpaired) electrons. The third-order valence-corrected chi connectivity index (χ3v) is 3.69. The fourth-order valence-corrected chi connectivity index (χ4v) is 2.39. The van der Waals surface area contributed by atoms with Crippen molar-refractivity contribution in [2.75, 3.05) is 0 Å². The first-order valence-corrected chi connectivity index (χ1v) is 7.70. The van der Waals surface area contributed by atoms with Crippen LogP contribution in [0.2, 0.25) is 0 Å². The molecule has 0 saturated carbocycles. The number of benzene rings is 2. The number of aromatic amines is 1. The van der Waals surface area contributed by atoms with Crippen LogP contribution in [-0.2, 0) is 11.2 Å². The summed E-state index contributed by atoms with van der Waals surface area (Å²) in [6.07, 6.45) is 1.29. The first-order valence-electron chi connectivity index (χ1n) is 7.70. The van der Waals surface area contributed by atoms with Crippen molar-refractivity contribution in [2.24, 2.45) is 5.10 Å². The Morgan fingerprint density at radius 2 is 1.92 bits per heavy atom. The van der Waals surface area contributed by atoms with E-state index < -0.39 is 10.8 Å². The average molecular weight is 350 g/mol. The number of nitro groups is 1. The summed E-state index contributed by atoms with van der Waals surface area (Å²) in [4.78, 5) is 36.7. The molecule has 8 nitrogen and oxygen atoms in total. The van der Waals surface area contributed by atoms with Gasteiger partial charge in [-0.15, -0.1) is 0 Å². The lowest BCUT2D eigenvalue weighted by Gasteiger charge is -2.01. The molecule has 0 aliphatic carbocycles. The van der Waals surface area contributed by atoms with Crippen LogP contribution in [0.15, 0.2) is 64.5 Å². The molecule has 1 heterocycles. The van der Waals surface area contributed by atoms with Crippen molar-refractivity contribution in [3.63, 3.8) is 0 Å². The predicted molar refractivity (Wildman–Crippen MR) is 97.1 cm³/mol. The number of nitrogens with zero attached hydrogens (tertiary/aromatic N) is 2. The van der Waals surface area contributed by atoms with Crippen molar-refractivity contribution < 1.29 is 9.72 Å². The van der Waals surface area contributed by atoms with Gasteiger partial charge in [0.2, 0.25) is 5.91 Å². The minimum Gasteiger partial charge on any atom is -0.321 e. The van der Waals surface area contributed by atoms with Crippen molar-refractivity contribution in [1.29, 1.82) is 0 Å². The van der Waals surface area contributed by atoms with Gasteiger partial charge in [0.25, 0.3) is 11.2 Å². The number of H-pyrrole nitrogens is 1. The van der Waals surface area contributed by atoms with Crippen LogP contribution >= 0.6 is 0 Å². The second-order valence-electron chi connectivity index (χ2n) is 5.53. The topological polar surface area (TPSA) is 117 Å². The number of amides is 1. The highest BCUT2D eigenvalue weighted by molar-refractivity contribution is 5.88. The number of para-hydroxylation sites is 1. The van der Waals surface area contributed by atoms with E-state index >= 15 is 0 Å². The molecule has 0 aliphatic heterocycles. The molecule has 1 aromatic heterocycles. The van der Waals surface area contributed by atoms with Crippen LogP contribution in [0.1, 0.15) is 11.1 Å². The molecule has 3 aromatic rings. The van der Waals surface area contributed by atoms with Crippen molar-refractivity contribution >= 4 is 28.7 Å². The second-order valence-corrected chi connectivity index (χ2v) is 5.53. The zero-order chi connectivity index (χ0) is 18.5. The second kappa shape index (κ2) is 7.39. The minimum atomic E-state index is -0.505. The maximum Gasteiger partial charge on any atom is 0.269 e. The molecular weight excluding hydrogens is 336 g/mol.